The molecule has 1 N–H and O–H groups in total. The first kappa shape index (κ1) is 15.4. The fourth-order valence-corrected chi connectivity index (χ4v) is 2.15. The molecule has 0 spiro atoms. The van der Waals surface area contributed by atoms with Gasteiger partial charge in [0.1, 0.15) is 5.56 Å². The summed E-state index contributed by atoms with van der Waals surface area (Å²) in [4.78, 5) is 22.6. The van der Waals surface area contributed by atoms with E-state index in [9.17, 15) is 14.9 Å². The number of rotatable bonds is 5. The van der Waals surface area contributed by atoms with Gasteiger partial charge < -0.3 is 5.32 Å². The highest BCUT2D eigenvalue weighted by Crippen LogP contribution is 2.23. The minimum absolute atomic E-state index is 0.0702. The third kappa shape index (κ3) is 3.67. The Bertz CT molecular complexity index is 489. The third-order valence-electron chi connectivity index (χ3n) is 2.95. The summed E-state index contributed by atoms with van der Waals surface area (Å²) in [7, 11) is 0. The lowest BCUT2D eigenvalue weighted by atomic mass is 10.0. The maximum Gasteiger partial charge on any atom is 0.285 e. The van der Waals surface area contributed by atoms with Gasteiger partial charge in [-0.3, -0.25) is 14.9 Å². The summed E-state index contributed by atoms with van der Waals surface area (Å²) >= 11 is 5.78. The van der Waals surface area contributed by atoms with E-state index in [1.165, 1.54) is 6.07 Å². The van der Waals surface area contributed by atoms with Gasteiger partial charge in [0.25, 0.3) is 11.6 Å². The lowest BCUT2D eigenvalue weighted by Gasteiger charge is -2.19. The zero-order valence-electron chi connectivity index (χ0n) is 11.1. The first-order valence-electron chi connectivity index (χ1n) is 5.99. The summed E-state index contributed by atoms with van der Waals surface area (Å²) in [5.41, 5.74) is 0.377. The number of benzene rings is 1. The number of carbonyl (C=O) groups excluding carboxylic acids is 1. The molecule has 0 saturated carbocycles. The molecule has 1 unspecified atom stereocenters. The molecular weight excluding hydrogens is 268 g/mol. The van der Waals surface area contributed by atoms with Crippen LogP contribution in [-0.2, 0) is 0 Å². The Kier molecular flexibility index (Phi) is 5.30. The molecule has 0 bridgehead atoms. The summed E-state index contributed by atoms with van der Waals surface area (Å²) in [6, 6.07) is 4.47. The topological polar surface area (TPSA) is 72.2 Å². The van der Waals surface area contributed by atoms with Crippen LogP contribution in [0.1, 0.15) is 29.8 Å². The summed E-state index contributed by atoms with van der Waals surface area (Å²) in [5.74, 6) is -0.0386. The number of carbonyl (C=O) groups is 1. The van der Waals surface area contributed by atoms with Gasteiger partial charge in [0.2, 0.25) is 0 Å². The van der Waals surface area contributed by atoms with Gasteiger partial charge in [0.05, 0.1) is 4.92 Å². The molecule has 1 aromatic rings. The Hall–Kier alpha value is -1.62. The Morgan fingerprint density at radius 1 is 1.47 bits per heavy atom. The van der Waals surface area contributed by atoms with Gasteiger partial charge in [-0.05, 0) is 18.9 Å². The molecule has 5 nitrogen and oxygen atoms in total. The van der Waals surface area contributed by atoms with Crippen LogP contribution in [0.4, 0.5) is 5.69 Å². The highest BCUT2D eigenvalue weighted by Gasteiger charge is 2.24. The van der Waals surface area contributed by atoms with Crippen molar-refractivity contribution in [2.75, 3.05) is 5.88 Å². The van der Waals surface area contributed by atoms with Gasteiger partial charge in [-0.15, -0.1) is 11.6 Å². The molecule has 0 aromatic heterocycles. The molecule has 19 heavy (non-hydrogen) atoms. The van der Waals surface area contributed by atoms with Crippen molar-refractivity contribution in [1.82, 2.24) is 5.32 Å². The molecule has 0 saturated heterocycles. The number of amides is 1. The highest BCUT2D eigenvalue weighted by molar-refractivity contribution is 6.18. The molecule has 104 valence electrons. The molecule has 6 heteroatoms. The molecule has 1 aromatic carbocycles. The lowest BCUT2D eigenvalue weighted by molar-refractivity contribution is -0.385. The molecule has 0 heterocycles. The molecule has 0 fully saturated rings. The number of alkyl halides is 1. The Balaban J connectivity index is 3.07. The zero-order valence-corrected chi connectivity index (χ0v) is 11.9. The second-order valence-electron chi connectivity index (χ2n) is 4.71. The maximum atomic E-state index is 12.1. The van der Waals surface area contributed by atoms with Crippen molar-refractivity contribution in [2.24, 2.45) is 5.92 Å². The first-order valence-corrected chi connectivity index (χ1v) is 6.52. The predicted octanol–water partition coefficient (Wildman–Crippen LogP) is 2.90. The van der Waals surface area contributed by atoms with E-state index in [-0.39, 0.29) is 29.1 Å². The van der Waals surface area contributed by atoms with E-state index in [1.807, 2.05) is 13.8 Å². The van der Waals surface area contributed by atoms with Gasteiger partial charge in [-0.1, -0.05) is 26.0 Å². The smallest absolute Gasteiger partial charge is 0.285 e. The van der Waals surface area contributed by atoms with Gasteiger partial charge in [-0.25, -0.2) is 0 Å². The van der Waals surface area contributed by atoms with E-state index in [0.717, 1.165) is 0 Å². The second-order valence-corrected chi connectivity index (χ2v) is 5.02. The van der Waals surface area contributed by atoms with Crippen LogP contribution in [0.15, 0.2) is 18.2 Å². The van der Waals surface area contributed by atoms with Crippen LogP contribution in [0.25, 0.3) is 0 Å². The van der Waals surface area contributed by atoms with E-state index < -0.39 is 10.8 Å². The van der Waals surface area contributed by atoms with Crippen molar-refractivity contribution < 1.29 is 9.72 Å². The number of nitrogens with zero attached hydrogens (tertiary/aromatic N) is 1. The number of aryl methyl sites for hydroxylation is 1. The van der Waals surface area contributed by atoms with Gasteiger partial charge in [0, 0.05) is 17.5 Å². The fraction of sp³-hybridized carbons (Fsp3) is 0.462. The molecule has 1 amide bonds. The molecular formula is C13H17ClN2O3. The van der Waals surface area contributed by atoms with Crippen LogP contribution in [0.2, 0.25) is 0 Å². The van der Waals surface area contributed by atoms with Crippen molar-refractivity contribution in [3.05, 3.63) is 39.4 Å². The number of nitro groups is 1. The maximum absolute atomic E-state index is 12.1. The largest absolute Gasteiger partial charge is 0.348 e. The van der Waals surface area contributed by atoms with E-state index >= 15 is 0 Å². The van der Waals surface area contributed by atoms with Crippen molar-refractivity contribution in [2.45, 2.75) is 26.8 Å². The summed E-state index contributed by atoms with van der Waals surface area (Å²) in [6.07, 6.45) is 0. The van der Waals surface area contributed by atoms with E-state index in [4.69, 9.17) is 11.6 Å². The Labute approximate surface area is 117 Å². The quantitative estimate of drug-likeness (QED) is 0.513. The summed E-state index contributed by atoms with van der Waals surface area (Å²) < 4.78 is 0. The van der Waals surface area contributed by atoms with Crippen LogP contribution < -0.4 is 5.32 Å². The van der Waals surface area contributed by atoms with E-state index in [0.29, 0.717) is 5.56 Å². The summed E-state index contributed by atoms with van der Waals surface area (Å²) in [5, 5.41) is 13.8. The summed E-state index contributed by atoms with van der Waals surface area (Å²) in [6.45, 7) is 5.46. The van der Waals surface area contributed by atoms with Gasteiger partial charge in [-0.2, -0.15) is 0 Å². The van der Waals surface area contributed by atoms with Crippen LogP contribution in [0.3, 0.4) is 0 Å². The lowest BCUT2D eigenvalue weighted by Crippen LogP contribution is -2.40. The SMILES string of the molecule is Cc1cccc(C(=O)NC(CCl)C(C)C)c1[N+](=O)[O-]. The minimum Gasteiger partial charge on any atom is -0.348 e. The monoisotopic (exact) mass is 284 g/mol. The van der Waals surface area contributed by atoms with Crippen LogP contribution >= 0.6 is 11.6 Å². The Morgan fingerprint density at radius 3 is 2.58 bits per heavy atom. The van der Waals surface area contributed by atoms with E-state index in [2.05, 4.69) is 5.32 Å². The third-order valence-corrected chi connectivity index (χ3v) is 3.28. The van der Waals surface area contributed by atoms with E-state index in [1.54, 1.807) is 19.1 Å². The first-order chi connectivity index (χ1) is 8.88. The highest BCUT2D eigenvalue weighted by atomic mass is 35.5. The van der Waals surface area contributed by atoms with Crippen molar-refractivity contribution in [3.63, 3.8) is 0 Å². The van der Waals surface area contributed by atoms with Gasteiger partial charge in [0.15, 0.2) is 0 Å². The van der Waals surface area contributed by atoms with Crippen LogP contribution in [0.5, 0.6) is 0 Å². The molecule has 0 aliphatic carbocycles. The van der Waals surface area contributed by atoms with Crippen LogP contribution in [0, 0.1) is 23.0 Å². The number of para-hydroxylation sites is 1. The fourth-order valence-electron chi connectivity index (χ4n) is 1.71. The van der Waals surface area contributed by atoms with Crippen molar-refractivity contribution in [3.8, 4) is 0 Å². The average molecular weight is 285 g/mol. The molecule has 0 aliphatic rings. The number of nitrogens with one attached hydrogen (secondary N) is 1. The number of nitro benzene ring substituents is 1. The van der Waals surface area contributed by atoms with Crippen molar-refractivity contribution in [1.29, 1.82) is 0 Å². The molecule has 1 atom stereocenters. The molecule has 0 radical (unpaired) electrons. The second kappa shape index (κ2) is 6.52. The normalized spacial score (nSPS) is 12.3. The molecule has 1 rings (SSSR count). The standard InChI is InChI=1S/C13H17ClN2O3/c1-8(2)11(7-14)15-13(17)10-6-4-5-9(3)12(10)16(18)19/h4-6,8,11H,7H2,1-3H3,(H,15,17). The average Bonchev–Trinajstić information content (AvgIpc) is 2.34. The Morgan fingerprint density at radius 2 is 2.11 bits per heavy atom. The van der Waals surface area contributed by atoms with Crippen LogP contribution in [-0.4, -0.2) is 22.8 Å². The minimum atomic E-state index is -0.532. The zero-order chi connectivity index (χ0) is 14.6. The molecule has 0 aliphatic heterocycles. The predicted molar refractivity (Wildman–Crippen MR) is 74.6 cm³/mol. The number of halogens is 1. The number of hydrogen-bond acceptors (Lipinski definition) is 3. The number of hydrogen-bond donors (Lipinski definition) is 1. The van der Waals surface area contributed by atoms with Crippen molar-refractivity contribution >= 4 is 23.2 Å². The van der Waals surface area contributed by atoms with Gasteiger partial charge >= 0.3 is 0 Å².